The first kappa shape index (κ1) is 14.5. The van der Waals surface area contributed by atoms with E-state index in [9.17, 15) is 4.79 Å². The molecule has 0 aliphatic rings. The highest BCUT2D eigenvalue weighted by Crippen LogP contribution is 2.21. The van der Waals surface area contributed by atoms with Crippen LogP contribution in [-0.2, 0) is 11.2 Å². The summed E-state index contributed by atoms with van der Waals surface area (Å²) in [6, 6.07) is 5.31. The molecule has 0 radical (unpaired) electrons. The van der Waals surface area contributed by atoms with Crippen LogP contribution < -0.4 is 5.32 Å². The highest BCUT2D eigenvalue weighted by molar-refractivity contribution is 9.10. The number of benzene rings is 1. The second-order valence-corrected chi connectivity index (χ2v) is 5.79. The molecule has 1 rings (SSSR count). The lowest BCUT2D eigenvalue weighted by Gasteiger charge is -2.23. The smallest absolute Gasteiger partial charge is 0.224 e. The van der Waals surface area contributed by atoms with Gasteiger partial charge in [-0.25, -0.2) is 0 Å². The van der Waals surface area contributed by atoms with Gasteiger partial charge in [0.15, 0.2) is 0 Å². The summed E-state index contributed by atoms with van der Waals surface area (Å²) >= 11 is 9.24. The van der Waals surface area contributed by atoms with Crippen molar-refractivity contribution in [2.24, 2.45) is 0 Å². The van der Waals surface area contributed by atoms with Crippen LogP contribution in [0.4, 0.5) is 0 Å². The van der Waals surface area contributed by atoms with Gasteiger partial charge in [0, 0.05) is 9.50 Å². The van der Waals surface area contributed by atoms with Gasteiger partial charge < -0.3 is 10.4 Å². The Hall–Kier alpha value is -0.580. The van der Waals surface area contributed by atoms with E-state index in [2.05, 4.69) is 21.2 Å². The lowest BCUT2D eigenvalue weighted by molar-refractivity contribution is -0.122. The van der Waals surface area contributed by atoms with E-state index in [-0.39, 0.29) is 18.9 Å². The van der Waals surface area contributed by atoms with E-state index in [0.717, 1.165) is 10.0 Å². The molecule has 1 aromatic carbocycles. The summed E-state index contributed by atoms with van der Waals surface area (Å²) in [7, 11) is 0. The van der Waals surface area contributed by atoms with Gasteiger partial charge in [-0.05, 0) is 37.6 Å². The summed E-state index contributed by atoms with van der Waals surface area (Å²) < 4.78 is 0.846. The molecular weight excluding hydrogens is 305 g/mol. The summed E-state index contributed by atoms with van der Waals surface area (Å²) in [6.07, 6.45) is 0.227. The number of aliphatic hydroxyl groups is 1. The fourth-order valence-corrected chi connectivity index (χ4v) is 1.89. The zero-order valence-electron chi connectivity index (χ0n) is 9.76. The molecule has 0 aliphatic carbocycles. The van der Waals surface area contributed by atoms with Crippen molar-refractivity contribution in [1.29, 1.82) is 0 Å². The van der Waals surface area contributed by atoms with Crippen molar-refractivity contribution in [3.63, 3.8) is 0 Å². The van der Waals surface area contributed by atoms with Crippen molar-refractivity contribution in [2.45, 2.75) is 25.8 Å². The average Bonchev–Trinajstić information content (AvgIpc) is 2.23. The molecule has 5 heteroatoms. The Balaban J connectivity index is 2.71. The van der Waals surface area contributed by atoms with Gasteiger partial charge in [-0.15, -0.1) is 0 Å². The molecule has 0 unspecified atom stereocenters. The molecule has 0 atom stereocenters. The maximum Gasteiger partial charge on any atom is 0.224 e. The number of carbonyl (C=O) groups is 1. The minimum absolute atomic E-state index is 0.102. The SMILES string of the molecule is CC(C)(CO)NC(=O)Cc1cc(Cl)ccc1Br. The minimum Gasteiger partial charge on any atom is -0.394 e. The third-order valence-electron chi connectivity index (χ3n) is 2.23. The fourth-order valence-electron chi connectivity index (χ4n) is 1.31. The van der Waals surface area contributed by atoms with Gasteiger partial charge >= 0.3 is 0 Å². The van der Waals surface area contributed by atoms with Gasteiger partial charge in [0.25, 0.3) is 0 Å². The normalized spacial score (nSPS) is 11.4. The lowest BCUT2D eigenvalue weighted by Crippen LogP contribution is -2.46. The highest BCUT2D eigenvalue weighted by atomic mass is 79.9. The second kappa shape index (κ2) is 5.85. The predicted molar refractivity (Wildman–Crippen MR) is 72.2 cm³/mol. The molecule has 94 valence electrons. The Morgan fingerprint density at radius 1 is 1.53 bits per heavy atom. The third kappa shape index (κ3) is 4.66. The number of aliphatic hydroxyl groups excluding tert-OH is 1. The summed E-state index contributed by atoms with van der Waals surface area (Å²) in [5, 5.41) is 12.4. The van der Waals surface area contributed by atoms with Gasteiger partial charge in [0.1, 0.15) is 0 Å². The molecule has 0 spiro atoms. The predicted octanol–water partition coefficient (Wildman–Crippen LogP) is 2.53. The summed E-state index contributed by atoms with van der Waals surface area (Å²) in [6.45, 7) is 3.42. The molecule has 0 aromatic heterocycles. The number of amides is 1. The molecule has 3 nitrogen and oxygen atoms in total. The first-order valence-electron chi connectivity index (χ1n) is 5.20. The van der Waals surface area contributed by atoms with E-state index in [1.165, 1.54) is 0 Å². The maximum atomic E-state index is 11.8. The first-order chi connectivity index (χ1) is 7.84. The molecule has 0 fully saturated rings. The summed E-state index contributed by atoms with van der Waals surface area (Å²) in [4.78, 5) is 11.8. The van der Waals surface area contributed by atoms with Crippen LogP contribution in [0.3, 0.4) is 0 Å². The van der Waals surface area contributed by atoms with E-state index in [1.807, 2.05) is 6.07 Å². The van der Waals surface area contributed by atoms with E-state index in [4.69, 9.17) is 16.7 Å². The number of halogens is 2. The number of hydrogen-bond donors (Lipinski definition) is 2. The van der Waals surface area contributed by atoms with E-state index < -0.39 is 5.54 Å². The standard InChI is InChI=1S/C12H15BrClNO2/c1-12(2,7-16)15-11(17)6-8-5-9(14)3-4-10(8)13/h3-5,16H,6-7H2,1-2H3,(H,15,17). The largest absolute Gasteiger partial charge is 0.394 e. The molecule has 0 bridgehead atoms. The van der Waals surface area contributed by atoms with Crippen LogP contribution in [0.25, 0.3) is 0 Å². The lowest BCUT2D eigenvalue weighted by atomic mass is 10.1. The van der Waals surface area contributed by atoms with Crippen molar-refractivity contribution < 1.29 is 9.90 Å². The number of carbonyl (C=O) groups excluding carboxylic acids is 1. The molecule has 2 N–H and O–H groups in total. The Morgan fingerprint density at radius 2 is 2.18 bits per heavy atom. The Kier molecular flexibility index (Phi) is 4.98. The molecule has 0 aliphatic heterocycles. The molecule has 0 heterocycles. The zero-order chi connectivity index (χ0) is 13.1. The van der Waals surface area contributed by atoms with Crippen LogP contribution in [0, 0.1) is 0 Å². The number of nitrogens with one attached hydrogen (secondary N) is 1. The summed E-state index contributed by atoms with van der Waals surface area (Å²) in [5.74, 6) is -0.146. The van der Waals surface area contributed by atoms with Crippen LogP contribution in [0.5, 0.6) is 0 Å². The fraction of sp³-hybridized carbons (Fsp3) is 0.417. The topological polar surface area (TPSA) is 49.3 Å². The van der Waals surface area contributed by atoms with Gasteiger partial charge in [-0.1, -0.05) is 27.5 Å². The van der Waals surface area contributed by atoms with Crippen LogP contribution >= 0.6 is 27.5 Å². The van der Waals surface area contributed by atoms with Crippen molar-refractivity contribution in [1.82, 2.24) is 5.32 Å². The third-order valence-corrected chi connectivity index (χ3v) is 3.24. The summed E-state index contributed by atoms with van der Waals surface area (Å²) in [5.41, 5.74) is 0.214. The average molecular weight is 321 g/mol. The van der Waals surface area contributed by atoms with Crippen LogP contribution in [-0.4, -0.2) is 23.2 Å². The van der Waals surface area contributed by atoms with Crippen LogP contribution in [0.1, 0.15) is 19.4 Å². The van der Waals surface area contributed by atoms with Crippen molar-refractivity contribution in [2.75, 3.05) is 6.61 Å². The molecule has 0 saturated carbocycles. The van der Waals surface area contributed by atoms with Gasteiger partial charge in [-0.3, -0.25) is 4.79 Å². The van der Waals surface area contributed by atoms with E-state index >= 15 is 0 Å². The van der Waals surface area contributed by atoms with Gasteiger partial charge in [0.2, 0.25) is 5.91 Å². The molecular formula is C12H15BrClNO2. The molecule has 1 amide bonds. The second-order valence-electron chi connectivity index (χ2n) is 4.50. The number of hydrogen-bond acceptors (Lipinski definition) is 2. The zero-order valence-corrected chi connectivity index (χ0v) is 12.1. The van der Waals surface area contributed by atoms with Crippen molar-refractivity contribution in [3.8, 4) is 0 Å². The maximum absolute atomic E-state index is 11.8. The Labute approximate surface area is 114 Å². The number of rotatable bonds is 4. The van der Waals surface area contributed by atoms with Gasteiger partial charge in [0.05, 0.1) is 18.6 Å². The van der Waals surface area contributed by atoms with Crippen molar-refractivity contribution in [3.05, 3.63) is 33.3 Å². The van der Waals surface area contributed by atoms with E-state index in [0.29, 0.717) is 5.02 Å². The Morgan fingerprint density at radius 3 is 2.76 bits per heavy atom. The molecule has 17 heavy (non-hydrogen) atoms. The van der Waals surface area contributed by atoms with Crippen LogP contribution in [0.2, 0.25) is 5.02 Å². The Bertz CT molecular complexity index is 421. The van der Waals surface area contributed by atoms with E-state index in [1.54, 1.807) is 26.0 Å². The van der Waals surface area contributed by atoms with Crippen LogP contribution in [0.15, 0.2) is 22.7 Å². The molecule has 1 aromatic rings. The van der Waals surface area contributed by atoms with Gasteiger partial charge in [-0.2, -0.15) is 0 Å². The minimum atomic E-state index is -0.609. The molecule has 0 saturated heterocycles. The van der Waals surface area contributed by atoms with Crippen molar-refractivity contribution >= 4 is 33.4 Å². The quantitative estimate of drug-likeness (QED) is 0.895. The highest BCUT2D eigenvalue weighted by Gasteiger charge is 2.19. The monoisotopic (exact) mass is 319 g/mol. The first-order valence-corrected chi connectivity index (χ1v) is 6.37.